The van der Waals surface area contributed by atoms with E-state index in [1.165, 1.54) is 5.56 Å². The molecule has 19 heavy (non-hydrogen) atoms. The van der Waals surface area contributed by atoms with E-state index in [2.05, 4.69) is 65.4 Å². The van der Waals surface area contributed by atoms with E-state index in [4.69, 9.17) is 0 Å². The third-order valence-corrected chi connectivity index (χ3v) is 3.60. The number of aromatic nitrogens is 4. The number of nitrogens with one attached hydrogen (secondary N) is 1. The van der Waals surface area contributed by atoms with Crippen LogP contribution < -0.4 is 5.32 Å². The summed E-state index contributed by atoms with van der Waals surface area (Å²) in [5, 5.41) is 19.7. The highest BCUT2D eigenvalue weighted by molar-refractivity contribution is 7.07. The Morgan fingerprint density at radius 2 is 2.21 bits per heavy atom. The lowest BCUT2D eigenvalue weighted by Crippen LogP contribution is -2.36. The Balaban J connectivity index is 2.02. The minimum atomic E-state index is 0.0629. The summed E-state index contributed by atoms with van der Waals surface area (Å²) >= 11 is 1.72. The molecule has 2 aromatic heterocycles. The number of nitrogens with zero attached hydrogens (tertiary/aromatic N) is 4. The average Bonchev–Trinajstić information content (AvgIpc) is 2.95. The van der Waals surface area contributed by atoms with Crippen LogP contribution in [0.1, 0.15) is 45.1 Å². The largest absolute Gasteiger partial charge is 0.305 e. The van der Waals surface area contributed by atoms with E-state index < -0.39 is 0 Å². The molecule has 0 aliphatic heterocycles. The van der Waals surface area contributed by atoms with Gasteiger partial charge in [0.2, 0.25) is 0 Å². The van der Waals surface area contributed by atoms with E-state index in [1.54, 1.807) is 11.3 Å². The molecule has 0 radical (unpaired) electrons. The van der Waals surface area contributed by atoms with E-state index in [0.29, 0.717) is 6.54 Å². The van der Waals surface area contributed by atoms with E-state index in [1.807, 2.05) is 4.68 Å². The molecule has 0 aromatic carbocycles. The summed E-state index contributed by atoms with van der Waals surface area (Å²) in [4.78, 5) is 0. The Labute approximate surface area is 118 Å². The molecule has 0 spiro atoms. The van der Waals surface area contributed by atoms with E-state index in [9.17, 15) is 0 Å². The molecule has 104 valence electrons. The van der Waals surface area contributed by atoms with Gasteiger partial charge in [-0.3, -0.25) is 0 Å². The molecular weight excluding hydrogens is 258 g/mol. The van der Waals surface area contributed by atoms with Crippen molar-refractivity contribution in [1.82, 2.24) is 25.5 Å². The van der Waals surface area contributed by atoms with Crippen LogP contribution in [0, 0.1) is 0 Å². The van der Waals surface area contributed by atoms with Gasteiger partial charge in [-0.1, -0.05) is 0 Å². The van der Waals surface area contributed by atoms with Crippen molar-refractivity contribution in [3.8, 4) is 0 Å². The van der Waals surface area contributed by atoms with Gasteiger partial charge in [0, 0.05) is 5.54 Å². The Hall–Kier alpha value is -1.27. The van der Waals surface area contributed by atoms with Crippen molar-refractivity contribution in [2.75, 3.05) is 0 Å². The molecule has 1 atom stereocenters. The number of rotatable bonds is 5. The fraction of sp³-hybridized carbons (Fsp3) is 0.615. The van der Waals surface area contributed by atoms with Crippen molar-refractivity contribution < 1.29 is 0 Å². The summed E-state index contributed by atoms with van der Waals surface area (Å²) in [7, 11) is 0. The quantitative estimate of drug-likeness (QED) is 0.913. The summed E-state index contributed by atoms with van der Waals surface area (Å²) in [5.74, 6) is 0.887. The van der Waals surface area contributed by atoms with Gasteiger partial charge in [-0.2, -0.15) is 11.3 Å². The Morgan fingerprint density at radius 1 is 1.42 bits per heavy atom. The van der Waals surface area contributed by atoms with Crippen LogP contribution in [0.3, 0.4) is 0 Å². The summed E-state index contributed by atoms with van der Waals surface area (Å²) in [6.07, 6.45) is 0.955. The van der Waals surface area contributed by atoms with E-state index >= 15 is 0 Å². The van der Waals surface area contributed by atoms with Crippen molar-refractivity contribution in [1.29, 1.82) is 0 Å². The van der Waals surface area contributed by atoms with Gasteiger partial charge in [0.05, 0.1) is 12.6 Å². The van der Waals surface area contributed by atoms with Crippen LogP contribution in [0.25, 0.3) is 0 Å². The van der Waals surface area contributed by atoms with Gasteiger partial charge in [0.25, 0.3) is 0 Å². The second-order valence-electron chi connectivity index (χ2n) is 5.83. The number of tetrazole rings is 1. The first-order valence-electron chi connectivity index (χ1n) is 6.48. The minimum absolute atomic E-state index is 0.0629. The molecule has 2 aromatic rings. The molecular formula is C13H21N5S. The van der Waals surface area contributed by atoms with Crippen LogP contribution in [0.15, 0.2) is 16.8 Å². The summed E-state index contributed by atoms with van der Waals surface area (Å²) in [6, 6.07) is 2.42. The van der Waals surface area contributed by atoms with Crippen molar-refractivity contribution in [2.24, 2.45) is 0 Å². The highest BCUT2D eigenvalue weighted by Crippen LogP contribution is 2.16. The van der Waals surface area contributed by atoms with Gasteiger partial charge in [0.1, 0.15) is 0 Å². The minimum Gasteiger partial charge on any atom is -0.305 e. The van der Waals surface area contributed by atoms with Gasteiger partial charge >= 0.3 is 0 Å². The van der Waals surface area contributed by atoms with Crippen LogP contribution in [0.2, 0.25) is 0 Å². The maximum atomic E-state index is 4.12. The van der Waals surface area contributed by atoms with E-state index in [0.717, 1.165) is 12.2 Å². The molecule has 0 amide bonds. The highest BCUT2D eigenvalue weighted by Gasteiger charge is 2.16. The SMILES string of the molecule is CC(Cc1ccsc1)n1nnnc1CNC(C)(C)C. The summed E-state index contributed by atoms with van der Waals surface area (Å²) < 4.78 is 1.91. The molecule has 1 unspecified atom stereocenters. The van der Waals surface area contributed by atoms with Crippen molar-refractivity contribution in [2.45, 2.75) is 52.2 Å². The molecule has 0 aliphatic rings. The average molecular weight is 279 g/mol. The fourth-order valence-electron chi connectivity index (χ4n) is 1.85. The number of thiophene rings is 1. The fourth-order valence-corrected chi connectivity index (χ4v) is 2.53. The first-order valence-corrected chi connectivity index (χ1v) is 7.43. The first kappa shape index (κ1) is 14.1. The molecule has 0 fully saturated rings. The molecule has 0 bridgehead atoms. The predicted octanol–water partition coefficient (Wildman–Crippen LogP) is 2.43. The molecule has 5 nitrogen and oxygen atoms in total. The third kappa shape index (κ3) is 4.11. The summed E-state index contributed by atoms with van der Waals surface area (Å²) in [5.41, 5.74) is 1.40. The molecule has 1 N–H and O–H groups in total. The molecule has 0 aliphatic carbocycles. The lowest BCUT2D eigenvalue weighted by molar-refractivity contribution is 0.393. The monoisotopic (exact) mass is 279 g/mol. The van der Waals surface area contributed by atoms with Crippen LogP contribution in [0.4, 0.5) is 0 Å². The normalized spacial score (nSPS) is 13.7. The van der Waals surface area contributed by atoms with E-state index in [-0.39, 0.29) is 11.6 Å². The van der Waals surface area contributed by atoms with Gasteiger partial charge in [-0.15, -0.1) is 5.10 Å². The van der Waals surface area contributed by atoms with Crippen molar-refractivity contribution >= 4 is 11.3 Å². The van der Waals surface area contributed by atoms with Gasteiger partial charge in [-0.05, 0) is 66.9 Å². The first-order chi connectivity index (χ1) is 8.96. The van der Waals surface area contributed by atoms with Gasteiger partial charge in [0.15, 0.2) is 5.82 Å². The lowest BCUT2D eigenvalue weighted by Gasteiger charge is -2.21. The zero-order valence-corrected chi connectivity index (χ0v) is 12.7. The second kappa shape index (κ2) is 5.79. The molecule has 0 saturated carbocycles. The van der Waals surface area contributed by atoms with Crippen LogP contribution >= 0.6 is 11.3 Å². The number of hydrogen-bond acceptors (Lipinski definition) is 5. The third-order valence-electron chi connectivity index (χ3n) is 2.87. The van der Waals surface area contributed by atoms with Crippen LogP contribution in [0.5, 0.6) is 0 Å². The lowest BCUT2D eigenvalue weighted by atomic mass is 10.1. The number of hydrogen-bond donors (Lipinski definition) is 1. The van der Waals surface area contributed by atoms with Crippen molar-refractivity contribution in [3.05, 3.63) is 28.2 Å². The molecule has 2 heterocycles. The van der Waals surface area contributed by atoms with Crippen LogP contribution in [-0.2, 0) is 13.0 Å². The van der Waals surface area contributed by atoms with Crippen molar-refractivity contribution in [3.63, 3.8) is 0 Å². The maximum absolute atomic E-state index is 4.12. The zero-order valence-electron chi connectivity index (χ0n) is 11.9. The highest BCUT2D eigenvalue weighted by atomic mass is 32.1. The summed E-state index contributed by atoms with van der Waals surface area (Å²) in [6.45, 7) is 9.24. The van der Waals surface area contributed by atoms with Gasteiger partial charge < -0.3 is 5.32 Å². The Kier molecular flexibility index (Phi) is 4.31. The molecule has 2 rings (SSSR count). The Bertz CT molecular complexity index is 497. The predicted molar refractivity (Wildman–Crippen MR) is 77.1 cm³/mol. The van der Waals surface area contributed by atoms with Gasteiger partial charge in [-0.25, -0.2) is 4.68 Å². The Morgan fingerprint density at radius 3 is 2.84 bits per heavy atom. The maximum Gasteiger partial charge on any atom is 0.165 e. The molecule has 0 saturated heterocycles. The smallest absolute Gasteiger partial charge is 0.165 e. The standard InChI is InChI=1S/C13H21N5S/c1-10(7-11-5-6-19-9-11)18-12(15-16-17-18)8-14-13(2,3)4/h5-6,9-10,14H,7-8H2,1-4H3. The zero-order chi connectivity index (χ0) is 13.9. The second-order valence-corrected chi connectivity index (χ2v) is 6.61. The van der Waals surface area contributed by atoms with Crippen LogP contribution in [-0.4, -0.2) is 25.7 Å². The topological polar surface area (TPSA) is 55.6 Å². The molecule has 6 heteroatoms.